The Morgan fingerprint density at radius 2 is 2.47 bits per heavy atom. The van der Waals surface area contributed by atoms with Crippen LogP contribution in [0.25, 0.3) is 0 Å². The number of nitrogens with two attached hydrogens (primary N) is 1. The highest BCUT2D eigenvalue weighted by Gasteiger charge is 2.18. The van der Waals surface area contributed by atoms with Crippen molar-refractivity contribution in [3.8, 4) is 0 Å². The molecule has 1 atom stereocenters. The van der Waals surface area contributed by atoms with Crippen LogP contribution in [0.15, 0.2) is 5.16 Å². The summed E-state index contributed by atoms with van der Waals surface area (Å²) in [7, 11) is 0. The van der Waals surface area contributed by atoms with E-state index in [1.165, 1.54) is 0 Å². The third kappa shape index (κ3) is 3.40. The molecule has 0 aromatic carbocycles. The van der Waals surface area contributed by atoms with E-state index in [-0.39, 0.29) is 16.7 Å². The number of nitrogens with zero attached hydrogens (tertiary/aromatic N) is 3. The van der Waals surface area contributed by atoms with E-state index >= 15 is 0 Å². The van der Waals surface area contributed by atoms with E-state index in [0.717, 1.165) is 18.5 Å². The third-order valence-corrected chi connectivity index (χ3v) is 1.85. The largest absolute Gasteiger partial charge is 0.374 e. The van der Waals surface area contributed by atoms with Gasteiger partial charge in [0.2, 0.25) is 11.5 Å². The number of halogens is 2. The molecule has 0 saturated carbocycles. The van der Waals surface area contributed by atoms with Crippen LogP contribution in [0.2, 0.25) is 0 Å². The van der Waals surface area contributed by atoms with Crippen molar-refractivity contribution in [1.82, 2.24) is 9.36 Å². The van der Waals surface area contributed by atoms with Crippen molar-refractivity contribution in [3.63, 3.8) is 0 Å². The number of carbonyl (C=O) groups is 1. The van der Waals surface area contributed by atoms with Crippen molar-refractivity contribution >= 4 is 39.2 Å². The van der Waals surface area contributed by atoms with E-state index < -0.39 is 11.6 Å². The molecule has 0 radical (unpaired) electrons. The quantitative estimate of drug-likeness (QED) is 0.489. The van der Waals surface area contributed by atoms with Crippen LogP contribution < -0.4 is 5.73 Å². The van der Waals surface area contributed by atoms with Crippen LogP contribution in [0.4, 0.5) is 9.52 Å². The molecule has 2 N–H and O–H groups in total. The number of nitrogen functional groups attached to an aromatic ring is 1. The molecule has 6 nitrogen and oxygen atoms in total. The molecule has 1 aromatic heterocycles. The molecule has 1 unspecified atom stereocenters. The van der Waals surface area contributed by atoms with Gasteiger partial charge in [0.25, 0.3) is 11.6 Å². The predicted molar refractivity (Wildman–Crippen MR) is 53.4 cm³/mol. The molecule has 0 fully saturated rings. The zero-order valence-electron chi connectivity index (χ0n) is 7.48. The van der Waals surface area contributed by atoms with Gasteiger partial charge < -0.3 is 10.6 Å². The average molecular weight is 253 g/mol. The van der Waals surface area contributed by atoms with Gasteiger partial charge in [0.05, 0.1) is 0 Å². The number of oxime groups is 1. The van der Waals surface area contributed by atoms with Crippen molar-refractivity contribution in [3.05, 3.63) is 5.82 Å². The van der Waals surface area contributed by atoms with Crippen molar-refractivity contribution < 1.29 is 14.0 Å². The van der Waals surface area contributed by atoms with E-state index in [1.54, 1.807) is 0 Å². The Balaban J connectivity index is 2.93. The van der Waals surface area contributed by atoms with Gasteiger partial charge in [-0.3, -0.25) is 4.79 Å². The van der Waals surface area contributed by atoms with Gasteiger partial charge in [0.1, 0.15) is 0 Å². The van der Waals surface area contributed by atoms with E-state index in [1.807, 2.05) is 0 Å². The van der Waals surface area contributed by atoms with Crippen LogP contribution in [0, 0.1) is 0 Å². The van der Waals surface area contributed by atoms with Crippen molar-refractivity contribution in [2.75, 3.05) is 5.73 Å². The average Bonchev–Trinajstić information content (AvgIpc) is 2.51. The van der Waals surface area contributed by atoms with Crippen LogP contribution in [0.3, 0.4) is 0 Å². The fourth-order valence-corrected chi connectivity index (χ4v) is 1.17. The number of alkyl halides is 1. The molecule has 1 rings (SSSR count). The van der Waals surface area contributed by atoms with Crippen molar-refractivity contribution in [2.24, 2.45) is 5.16 Å². The predicted octanol–water partition coefficient (Wildman–Crippen LogP) is 0.922. The molecular formula is C6H6ClFN4O2S. The van der Waals surface area contributed by atoms with E-state index in [9.17, 15) is 9.18 Å². The Kier molecular flexibility index (Phi) is 3.92. The van der Waals surface area contributed by atoms with Gasteiger partial charge in [-0.2, -0.15) is 13.7 Å². The maximum Gasteiger partial charge on any atom is 0.278 e. The molecule has 0 bridgehead atoms. The standard InChI is InChI=1S/C6H6ClFN4O2S/c1-2(8)14-11-3(4(7)13)5-10-6(9)15-12-5/h2H,1H3,(H2,9,10,12)/b11-3+. The summed E-state index contributed by atoms with van der Waals surface area (Å²) in [6, 6.07) is 0. The number of aromatic nitrogens is 2. The molecule has 0 aliphatic heterocycles. The summed E-state index contributed by atoms with van der Waals surface area (Å²) in [6.07, 6.45) is -1.66. The van der Waals surface area contributed by atoms with Crippen LogP contribution in [0.5, 0.6) is 0 Å². The van der Waals surface area contributed by atoms with Gasteiger partial charge in [-0.1, -0.05) is 5.16 Å². The smallest absolute Gasteiger partial charge is 0.278 e. The molecule has 82 valence electrons. The molecule has 0 spiro atoms. The third-order valence-electron chi connectivity index (χ3n) is 1.13. The van der Waals surface area contributed by atoms with Gasteiger partial charge in [0.15, 0.2) is 5.13 Å². The molecule has 15 heavy (non-hydrogen) atoms. The van der Waals surface area contributed by atoms with Crippen LogP contribution in [0.1, 0.15) is 12.7 Å². The Morgan fingerprint density at radius 1 is 1.80 bits per heavy atom. The topological polar surface area (TPSA) is 90.5 Å². The monoisotopic (exact) mass is 252 g/mol. The highest BCUT2D eigenvalue weighted by atomic mass is 35.5. The molecule has 0 aliphatic carbocycles. The summed E-state index contributed by atoms with van der Waals surface area (Å²) in [5, 5.41) is 2.38. The molecule has 1 aromatic rings. The second-order valence-electron chi connectivity index (χ2n) is 2.32. The van der Waals surface area contributed by atoms with Gasteiger partial charge in [-0.15, -0.1) is 0 Å². The Morgan fingerprint density at radius 3 is 2.87 bits per heavy atom. The highest BCUT2D eigenvalue weighted by molar-refractivity contribution is 7.09. The lowest BCUT2D eigenvalue weighted by Crippen LogP contribution is -2.13. The van der Waals surface area contributed by atoms with E-state index in [2.05, 4.69) is 19.4 Å². The zero-order chi connectivity index (χ0) is 11.4. The van der Waals surface area contributed by atoms with Gasteiger partial charge >= 0.3 is 0 Å². The van der Waals surface area contributed by atoms with E-state index in [4.69, 9.17) is 17.3 Å². The molecule has 0 amide bonds. The van der Waals surface area contributed by atoms with Crippen molar-refractivity contribution in [1.29, 1.82) is 0 Å². The molecule has 0 saturated heterocycles. The van der Waals surface area contributed by atoms with Gasteiger partial charge in [-0.05, 0) is 11.6 Å². The second-order valence-corrected chi connectivity index (χ2v) is 3.44. The number of hydrogen-bond donors (Lipinski definition) is 1. The lowest BCUT2D eigenvalue weighted by molar-refractivity contribution is -0.106. The first-order valence-electron chi connectivity index (χ1n) is 3.68. The number of rotatable bonds is 4. The van der Waals surface area contributed by atoms with Crippen LogP contribution in [-0.4, -0.2) is 26.7 Å². The molecule has 9 heteroatoms. The van der Waals surface area contributed by atoms with E-state index in [0.29, 0.717) is 0 Å². The zero-order valence-corrected chi connectivity index (χ0v) is 9.05. The first-order valence-corrected chi connectivity index (χ1v) is 4.83. The van der Waals surface area contributed by atoms with Gasteiger partial charge in [0, 0.05) is 18.5 Å². The number of anilines is 1. The Hall–Kier alpha value is -1.28. The molecule has 1 heterocycles. The number of hydrogen-bond acceptors (Lipinski definition) is 7. The molecule has 0 aliphatic rings. The summed E-state index contributed by atoms with van der Waals surface area (Å²) in [6.45, 7) is 1.10. The second kappa shape index (κ2) is 4.99. The minimum atomic E-state index is -1.66. The SMILES string of the molecule is CC(F)O/N=C(\C(=O)Cl)c1nsc(N)n1. The van der Waals surface area contributed by atoms with Gasteiger partial charge in [-0.25, -0.2) is 0 Å². The first-order chi connectivity index (χ1) is 7.00. The summed E-state index contributed by atoms with van der Waals surface area (Å²) >= 11 is 6.04. The minimum absolute atomic E-state index is 0.0850. The van der Waals surface area contributed by atoms with Crippen molar-refractivity contribution in [2.45, 2.75) is 13.3 Å². The fraction of sp³-hybridized carbons (Fsp3) is 0.333. The summed E-state index contributed by atoms with van der Waals surface area (Å²) < 4.78 is 16.0. The normalized spacial score (nSPS) is 13.7. The summed E-state index contributed by atoms with van der Waals surface area (Å²) in [5.74, 6) is -0.0850. The molecular weight excluding hydrogens is 247 g/mol. The fourth-order valence-electron chi connectivity index (χ4n) is 0.621. The van der Waals surface area contributed by atoms with Crippen LogP contribution >= 0.6 is 23.1 Å². The Labute approximate surface area is 93.0 Å². The summed E-state index contributed by atoms with van der Waals surface area (Å²) in [4.78, 5) is 18.8. The maximum absolute atomic E-state index is 12.3. The highest BCUT2D eigenvalue weighted by Crippen LogP contribution is 2.09. The minimum Gasteiger partial charge on any atom is -0.374 e. The summed E-state index contributed by atoms with van der Waals surface area (Å²) in [5.41, 5.74) is 4.91. The Bertz CT molecular complexity index is 394. The maximum atomic E-state index is 12.3. The lowest BCUT2D eigenvalue weighted by Gasteiger charge is -1.99. The van der Waals surface area contributed by atoms with Crippen LogP contribution in [-0.2, 0) is 9.63 Å². The first kappa shape index (κ1) is 11.8. The number of carbonyl (C=O) groups excluding carboxylic acids is 1. The lowest BCUT2D eigenvalue weighted by atomic mass is 10.4.